The van der Waals surface area contributed by atoms with Gasteiger partial charge in [0, 0.05) is 28.4 Å². The van der Waals surface area contributed by atoms with Crippen LogP contribution in [0.4, 0.5) is 5.69 Å². The number of carbonyl (C=O) groups is 1. The number of nitrogens with one attached hydrogen (secondary N) is 1. The minimum atomic E-state index is -0.284. The van der Waals surface area contributed by atoms with Crippen molar-refractivity contribution in [3.8, 4) is 11.3 Å². The molecule has 2 aromatic carbocycles. The van der Waals surface area contributed by atoms with E-state index in [1.807, 2.05) is 36.4 Å². The first-order valence-electron chi connectivity index (χ1n) is 8.18. The van der Waals surface area contributed by atoms with E-state index in [0.717, 1.165) is 16.5 Å². The highest BCUT2D eigenvalue weighted by atomic mass is 35.5. The summed E-state index contributed by atoms with van der Waals surface area (Å²) < 4.78 is 0. The molecule has 0 saturated carbocycles. The van der Waals surface area contributed by atoms with Gasteiger partial charge in [-0.05, 0) is 42.5 Å². The molecule has 4 nitrogen and oxygen atoms in total. The van der Waals surface area contributed by atoms with E-state index in [0.29, 0.717) is 27.0 Å². The van der Waals surface area contributed by atoms with Gasteiger partial charge in [-0.15, -0.1) is 0 Å². The zero-order valence-electron chi connectivity index (χ0n) is 14.0. The second kappa shape index (κ2) is 7.35. The van der Waals surface area contributed by atoms with E-state index < -0.39 is 0 Å². The van der Waals surface area contributed by atoms with Crippen molar-refractivity contribution in [3.05, 3.63) is 88.7 Å². The van der Waals surface area contributed by atoms with E-state index >= 15 is 0 Å². The van der Waals surface area contributed by atoms with Gasteiger partial charge in [-0.1, -0.05) is 41.4 Å². The Morgan fingerprint density at radius 3 is 2.52 bits per heavy atom. The molecule has 0 aliphatic rings. The number of rotatable bonds is 3. The Hall–Kier alpha value is -2.95. The number of para-hydroxylation sites is 1. The summed E-state index contributed by atoms with van der Waals surface area (Å²) in [5.74, 6) is -0.284. The Labute approximate surface area is 165 Å². The number of carbonyl (C=O) groups excluding carboxylic acids is 1. The first-order valence-corrected chi connectivity index (χ1v) is 8.94. The highest BCUT2D eigenvalue weighted by Gasteiger charge is 2.15. The van der Waals surface area contributed by atoms with Gasteiger partial charge < -0.3 is 5.32 Å². The fourth-order valence-corrected chi connectivity index (χ4v) is 3.15. The molecule has 27 heavy (non-hydrogen) atoms. The first-order chi connectivity index (χ1) is 13.1. The van der Waals surface area contributed by atoms with Crippen molar-refractivity contribution in [1.82, 2.24) is 9.97 Å². The molecule has 2 heterocycles. The van der Waals surface area contributed by atoms with Gasteiger partial charge in [0.2, 0.25) is 0 Å². The summed E-state index contributed by atoms with van der Waals surface area (Å²) in [5.41, 5.74) is 3.27. The predicted octanol–water partition coefficient (Wildman–Crippen LogP) is 5.86. The normalized spacial score (nSPS) is 10.7. The molecular formula is C21H13Cl2N3O. The third-order valence-corrected chi connectivity index (χ3v) is 4.68. The Balaban J connectivity index is 1.82. The molecule has 2 aromatic heterocycles. The summed E-state index contributed by atoms with van der Waals surface area (Å²) in [6.45, 7) is 0. The molecule has 0 spiro atoms. The molecule has 0 unspecified atom stereocenters. The van der Waals surface area contributed by atoms with E-state index in [2.05, 4.69) is 15.3 Å². The maximum absolute atomic E-state index is 13.0. The zero-order chi connectivity index (χ0) is 18.8. The lowest BCUT2D eigenvalue weighted by atomic mass is 10.0. The van der Waals surface area contributed by atoms with Gasteiger partial charge in [0.15, 0.2) is 0 Å². The van der Waals surface area contributed by atoms with Gasteiger partial charge in [0.05, 0.1) is 27.5 Å². The number of halogens is 2. The van der Waals surface area contributed by atoms with Gasteiger partial charge in [-0.2, -0.15) is 0 Å². The SMILES string of the molecule is O=C(Nc1cc(Cl)ccc1Cl)c1cc(-c2ccncc2)nc2ccccc12. The summed E-state index contributed by atoms with van der Waals surface area (Å²) in [6, 6.07) is 17.9. The van der Waals surface area contributed by atoms with Gasteiger partial charge in [-0.3, -0.25) is 9.78 Å². The molecule has 1 amide bonds. The van der Waals surface area contributed by atoms with Gasteiger partial charge >= 0.3 is 0 Å². The van der Waals surface area contributed by atoms with Crippen LogP contribution >= 0.6 is 23.2 Å². The number of amides is 1. The minimum absolute atomic E-state index is 0.284. The van der Waals surface area contributed by atoms with Crippen LogP contribution in [0.25, 0.3) is 22.2 Å². The highest BCUT2D eigenvalue weighted by molar-refractivity contribution is 6.36. The van der Waals surface area contributed by atoms with Gasteiger partial charge in [-0.25, -0.2) is 4.98 Å². The molecule has 0 bridgehead atoms. The molecule has 0 fully saturated rings. The fraction of sp³-hybridized carbons (Fsp3) is 0. The molecule has 6 heteroatoms. The van der Waals surface area contributed by atoms with Crippen LogP contribution in [0.15, 0.2) is 73.1 Å². The average Bonchev–Trinajstić information content (AvgIpc) is 2.70. The van der Waals surface area contributed by atoms with Crippen LogP contribution in [0.3, 0.4) is 0 Å². The number of hydrogen-bond acceptors (Lipinski definition) is 3. The quantitative estimate of drug-likeness (QED) is 0.474. The van der Waals surface area contributed by atoms with E-state index in [4.69, 9.17) is 23.2 Å². The monoisotopic (exact) mass is 393 g/mol. The van der Waals surface area contributed by atoms with Crippen molar-refractivity contribution >= 4 is 45.7 Å². The van der Waals surface area contributed by atoms with Crippen molar-refractivity contribution in [1.29, 1.82) is 0 Å². The number of nitrogens with zero attached hydrogens (tertiary/aromatic N) is 2. The zero-order valence-corrected chi connectivity index (χ0v) is 15.5. The molecule has 0 radical (unpaired) electrons. The number of aromatic nitrogens is 2. The Morgan fingerprint density at radius 2 is 1.70 bits per heavy atom. The molecule has 0 saturated heterocycles. The van der Waals surface area contributed by atoms with E-state index in [1.165, 1.54) is 0 Å². The lowest BCUT2D eigenvalue weighted by Gasteiger charge is -2.11. The Bertz CT molecular complexity index is 1150. The van der Waals surface area contributed by atoms with Crippen molar-refractivity contribution in [3.63, 3.8) is 0 Å². The summed E-state index contributed by atoms with van der Waals surface area (Å²) in [6.07, 6.45) is 3.38. The third kappa shape index (κ3) is 3.63. The largest absolute Gasteiger partial charge is 0.321 e. The van der Waals surface area contributed by atoms with Crippen LogP contribution < -0.4 is 5.32 Å². The van der Waals surface area contributed by atoms with Crippen LogP contribution in [-0.2, 0) is 0 Å². The molecule has 1 N–H and O–H groups in total. The topological polar surface area (TPSA) is 54.9 Å². The van der Waals surface area contributed by atoms with Crippen LogP contribution in [-0.4, -0.2) is 15.9 Å². The fourth-order valence-electron chi connectivity index (χ4n) is 2.82. The van der Waals surface area contributed by atoms with Crippen molar-refractivity contribution in [2.24, 2.45) is 0 Å². The summed E-state index contributed by atoms with van der Waals surface area (Å²) >= 11 is 12.2. The number of benzene rings is 2. The van der Waals surface area contributed by atoms with Crippen LogP contribution in [0.2, 0.25) is 10.0 Å². The Kier molecular flexibility index (Phi) is 4.75. The smallest absolute Gasteiger partial charge is 0.256 e. The van der Waals surface area contributed by atoms with Crippen LogP contribution in [0, 0.1) is 0 Å². The lowest BCUT2D eigenvalue weighted by Crippen LogP contribution is -2.13. The van der Waals surface area contributed by atoms with E-state index in [1.54, 1.807) is 36.7 Å². The maximum atomic E-state index is 13.0. The number of anilines is 1. The molecule has 4 rings (SSSR count). The first kappa shape index (κ1) is 17.5. The number of fused-ring (bicyclic) bond motifs is 1. The summed E-state index contributed by atoms with van der Waals surface area (Å²) in [7, 11) is 0. The van der Waals surface area contributed by atoms with Crippen LogP contribution in [0.1, 0.15) is 10.4 Å². The summed E-state index contributed by atoms with van der Waals surface area (Å²) in [4.78, 5) is 21.7. The molecule has 0 aliphatic heterocycles. The van der Waals surface area contributed by atoms with E-state index in [-0.39, 0.29) is 5.91 Å². The molecular weight excluding hydrogens is 381 g/mol. The van der Waals surface area contributed by atoms with Crippen molar-refractivity contribution in [2.45, 2.75) is 0 Å². The standard InChI is InChI=1S/C21H13Cl2N3O/c22-14-5-6-17(23)20(11-14)26-21(27)16-12-19(13-7-9-24-10-8-13)25-18-4-2-1-3-15(16)18/h1-12H,(H,26,27). The minimum Gasteiger partial charge on any atom is -0.321 e. The highest BCUT2D eigenvalue weighted by Crippen LogP contribution is 2.28. The molecule has 0 aliphatic carbocycles. The number of pyridine rings is 2. The lowest BCUT2D eigenvalue weighted by molar-refractivity contribution is 0.102. The molecule has 4 aromatic rings. The maximum Gasteiger partial charge on any atom is 0.256 e. The second-order valence-corrected chi connectivity index (χ2v) is 6.73. The molecule has 132 valence electrons. The van der Waals surface area contributed by atoms with Gasteiger partial charge in [0.25, 0.3) is 5.91 Å². The van der Waals surface area contributed by atoms with Crippen LogP contribution in [0.5, 0.6) is 0 Å². The number of hydrogen-bond donors (Lipinski definition) is 1. The Morgan fingerprint density at radius 1 is 0.926 bits per heavy atom. The summed E-state index contributed by atoms with van der Waals surface area (Å²) in [5, 5.41) is 4.51. The molecule has 0 atom stereocenters. The third-order valence-electron chi connectivity index (χ3n) is 4.11. The van der Waals surface area contributed by atoms with Gasteiger partial charge in [0.1, 0.15) is 0 Å². The predicted molar refractivity (Wildman–Crippen MR) is 109 cm³/mol. The van der Waals surface area contributed by atoms with E-state index in [9.17, 15) is 4.79 Å². The van der Waals surface area contributed by atoms with Crippen molar-refractivity contribution in [2.75, 3.05) is 5.32 Å². The average molecular weight is 394 g/mol. The van der Waals surface area contributed by atoms with Crippen molar-refractivity contribution < 1.29 is 4.79 Å². The second-order valence-electron chi connectivity index (χ2n) is 5.89.